The van der Waals surface area contributed by atoms with Crippen LogP contribution in [0.25, 0.3) is 0 Å². The molecule has 2 aromatic carbocycles. The molecule has 1 heterocycles. The molecule has 4 rings (SSSR count). The van der Waals surface area contributed by atoms with E-state index in [1.807, 2.05) is 13.1 Å². The summed E-state index contributed by atoms with van der Waals surface area (Å²) in [5.74, 6) is 0.647. The number of nitrogens with one attached hydrogen (secondary N) is 1. The lowest BCUT2D eigenvalue weighted by molar-refractivity contribution is -0.0808. The Bertz CT molecular complexity index is 1390. The third kappa shape index (κ3) is 12.4. The summed E-state index contributed by atoms with van der Waals surface area (Å²) in [4.78, 5) is 0. The quantitative estimate of drug-likeness (QED) is 0.0879. The van der Waals surface area contributed by atoms with Gasteiger partial charge >= 0.3 is 0 Å². The molecule has 1 aliphatic carbocycles. The summed E-state index contributed by atoms with van der Waals surface area (Å²) in [5, 5.41) is 86.7. The summed E-state index contributed by atoms with van der Waals surface area (Å²) in [6.45, 7) is -0.272. The van der Waals surface area contributed by atoms with Gasteiger partial charge in [0.2, 0.25) is 5.75 Å². The van der Waals surface area contributed by atoms with Crippen LogP contribution in [-0.4, -0.2) is 119 Å². The van der Waals surface area contributed by atoms with E-state index in [2.05, 4.69) is 5.32 Å². The van der Waals surface area contributed by atoms with E-state index in [-0.39, 0.29) is 66.2 Å². The van der Waals surface area contributed by atoms with Crippen molar-refractivity contribution in [3.05, 3.63) is 41.0 Å². The molecule has 53 heavy (non-hydrogen) atoms. The molecule has 2 aliphatic rings. The molecular weight excluding hydrogens is 727 g/mol. The maximum absolute atomic E-state index is 11.6. The molecule has 0 aromatic heterocycles. The Morgan fingerprint density at radius 2 is 1.62 bits per heavy atom. The molecule has 0 spiro atoms. The van der Waals surface area contributed by atoms with E-state index in [0.717, 1.165) is 49.8 Å². The van der Waals surface area contributed by atoms with Crippen LogP contribution in [0.5, 0.6) is 28.7 Å². The van der Waals surface area contributed by atoms with Crippen LogP contribution in [0.2, 0.25) is 0 Å². The second-order valence-electron chi connectivity index (χ2n) is 14.0. The van der Waals surface area contributed by atoms with Gasteiger partial charge in [-0.15, -0.1) is 0 Å². The van der Waals surface area contributed by atoms with Crippen molar-refractivity contribution < 1.29 is 59.8 Å². The van der Waals surface area contributed by atoms with Gasteiger partial charge in [-0.25, -0.2) is 0 Å². The average Bonchev–Trinajstić information content (AvgIpc) is 3.14. The highest BCUT2D eigenvalue weighted by Gasteiger charge is 2.34. The van der Waals surface area contributed by atoms with Crippen LogP contribution >= 0.6 is 21.6 Å². The number of aliphatic hydroxyl groups excluding tert-OH is 6. The van der Waals surface area contributed by atoms with Gasteiger partial charge in [0.15, 0.2) is 29.8 Å². The summed E-state index contributed by atoms with van der Waals surface area (Å²) < 4.78 is 22.7. The zero-order valence-electron chi connectivity index (χ0n) is 30.8. The summed E-state index contributed by atoms with van der Waals surface area (Å²) in [5.41, 5.74) is 2.33. The zero-order valence-corrected chi connectivity index (χ0v) is 32.4. The molecule has 9 N–H and O–H groups in total. The molecule has 2 aromatic rings. The Kier molecular flexibility index (Phi) is 18.4. The summed E-state index contributed by atoms with van der Waals surface area (Å²) >= 11 is 0. The van der Waals surface area contributed by atoms with Gasteiger partial charge in [-0.05, 0) is 131 Å². The largest absolute Gasteiger partial charge is 0.504 e. The molecule has 8 atom stereocenters. The number of phenolic OH excluding ortho intramolecular Hbond substituents is 2. The van der Waals surface area contributed by atoms with Crippen molar-refractivity contribution in [2.24, 2.45) is 17.8 Å². The first-order valence-electron chi connectivity index (χ1n) is 18.5. The minimum absolute atomic E-state index is 0.00101. The van der Waals surface area contributed by atoms with Crippen LogP contribution in [0.1, 0.15) is 73.3 Å². The number of ether oxygens (including phenoxy) is 4. The van der Waals surface area contributed by atoms with Crippen LogP contribution in [0.15, 0.2) is 24.3 Å². The Labute approximate surface area is 320 Å². The average molecular weight is 786 g/mol. The fourth-order valence-corrected chi connectivity index (χ4v) is 10.7. The Hall–Kier alpha value is -2.18. The van der Waals surface area contributed by atoms with Crippen LogP contribution in [0.3, 0.4) is 0 Å². The molecule has 0 bridgehead atoms. The highest BCUT2D eigenvalue weighted by atomic mass is 33.1. The molecule has 1 saturated carbocycles. The fourth-order valence-electron chi connectivity index (χ4n) is 7.76. The monoisotopic (exact) mass is 785 g/mol. The Balaban J connectivity index is 1.61. The summed E-state index contributed by atoms with van der Waals surface area (Å²) in [7, 11) is 6.23. The predicted molar refractivity (Wildman–Crippen MR) is 205 cm³/mol. The van der Waals surface area contributed by atoms with Gasteiger partial charge in [0.1, 0.15) is 6.79 Å². The number of methoxy groups -OCH3 is 1. The standard InChI is InChI=1S/C38H59NO12S2/c1-39-19-26-6-8-28(15-24(26)4-3-10-40)51-34-16-25-5-7-27(49-21-42)17-31(44)30(12-23-13-35(48-2)38(47)36(14-23)50-22-43)33(46)20-52-53-37(9-11-41)29(25)18-32(34)45/h13-14,16,18,24,26-28,30-31,33,37,39-47H,3-12,15,17,19-22H2,1-2H3/t24-,26-,27+,28-,30+,31-,33-,37+/m1/s1. The third-order valence-corrected chi connectivity index (χ3v) is 13.4. The first-order valence-corrected chi connectivity index (χ1v) is 20.9. The number of hydrogen-bond acceptors (Lipinski definition) is 15. The van der Waals surface area contributed by atoms with Crippen LogP contribution < -0.4 is 19.5 Å². The van der Waals surface area contributed by atoms with Gasteiger partial charge in [0.25, 0.3) is 0 Å². The van der Waals surface area contributed by atoms with E-state index in [1.165, 1.54) is 34.8 Å². The first kappa shape index (κ1) is 43.5. The number of aliphatic hydroxyl groups is 6. The number of benzene rings is 2. The Morgan fingerprint density at radius 3 is 2.32 bits per heavy atom. The summed E-state index contributed by atoms with van der Waals surface area (Å²) in [6.07, 6.45) is 3.10. The first-order chi connectivity index (χ1) is 25.6. The summed E-state index contributed by atoms with van der Waals surface area (Å²) in [6, 6.07) is 6.71. The predicted octanol–water partition coefficient (Wildman–Crippen LogP) is 3.65. The second-order valence-corrected chi connectivity index (χ2v) is 16.6. The fraction of sp³-hybridized carbons (Fsp3) is 0.684. The smallest absolute Gasteiger partial charge is 0.200 e. The van der Waals surface area contributed by atoms with E-state index in [0.29, 0.717) is 42.4 Å². The van der Waals surface area contributed by atoms with Crippen LogP contribution in [-0.2, 0) is 17.6 Å². The SMILES string of the molecule is CNC[C@H]1CC[C@@H](Oc2cc3c(cc2O)[C@H](CCO)SSC[C@@H](O)[C@@H](Cc2cc(OC)c(O)c(OCO)c2)[C@H](O)C[C@@H](OCO)CC3)C[C@H]1CCCO. The van der Waals surface area contributed by atoms with E-state index in [9.17, 15) is 40.9 Å². The lowest BCUT2D eigenvalue weighted by Gasteiger charge is -2.36. The van der Waals surface area contributed by atoms with Crippen molar-refractivity contribution in [3.63, 3.8) is 0 Å². The number of aromatic hydroxyl groups is 2. The normalized spacial score (nSPS) is 27.2. The number of fused-ring (bicyclic) bond motifs is 1. The van der Waals surface area contributed by atoms with Crippen molar-refractivity contribution in [2.75, 3.05) is 53.3 Å². The minimum atomic E-state index is -1.06. The Morgan fingerprint density at radius 1 is 0.830 bits per heavy atom. The number of hydrogen-bond donors (Lipinski definition) is 9. The third-order valence-electron chi connectivity index (χ3n) is 10.5. The molecule has 0 amide bonds. The molecule has 0 radical (unpaired) electrons. The molecule has 1 aliphatic heterocycles. The van der Waals surface area contributed by atoms with Crippen molar-refractivity contribution in [1.29, 1.82) is 0 Å². The highest BCUT2D eigenvalue weighted by Crippen LogP contribution is 2.47. The van der Waals surface area contributed by atoms with Crippen LogP contribution in [0, 0.1) is 17.8 Å². The maximum Gasteiger partial charge on any atom is 0.200 e. The van der Waals surface area contributed by atoms with E-state index >= 15 is 0 Å². The van der Waals surface area contributed by atoms with Gasteiger partial charge in [0, 0.05) is 30.1 Å². The van der Waals surface area contributed by atoms with Crippen molar-refractivity contribution in [3.8, 4) is 28.7 Å². The lowest BCUT2D eigenvalue weighted by Crippen LogP contribution is -2.38. The molecule has 15 heteroatoms. The van der Waals surface area contributed by atoms with Gasteiger partial charge < -0.3 is 65.1 Å². The van der Waals surface area contributed by atoms with Gasteiger partial charge in [-0.2, -0.15) is 0 Å². The molecule has 0 unspecified atom stereocenters. The second kappa shape index (κ2) is 22.4. The molecular formula is C38H59NO12S2. The highest BCUT2D eigenvalue weighted by molar-refractivity contribution is 8.76. The lowest BCUT2D eigenvalue weighted by atomic mass is 9.75. The number of phenols is 2. The number of aryl methyl sites for hydroxylation is 1. The topological polar surface area (TPSA) is 211 Å². The molecule has 300 valence electrons. The van der Waals surface area contributed by atoms with E-state index < -0.39 is 37.8 Å². The van der Waals surface area contributed by atoms with Crippen molar-refractivity contribution in [2.45, 2.75) is 93.9 Å². The minimum Gasteiger partial charge on any atom is -0.504 e. The van der Waals surface area contributed by atoms with E-state index in [1.54, 1.807) is 12.1 Å². The molecule has 0 saturated heterocycles. The molecule has 13 nitrogen and oxygen atoms in total. The maximum atomic E-state index is 11.6. The van der Waals surface area contributed by atoms with Gasteiger partial charge in [-0.3, -0.25) is 0 Å². The van der Waals surface area contributed by atoms with Crippen molar-refractivity contribution >= 4 is 21.6 Å². The number of rotatable bonds is 16. The van der Waals surface area contributed by atoms with Gasteiger partial charge in [-0.1, -0.05) is 21.6 Å². The van der Waals surface area contributed by atoms with Gasteiger partial charge in [0.05, 0.1) is 31.5 Å². The van der Waals surface area contributed by atoms with Crippen molar-refractivity contribution in [1.82, 2.24) is 5.32 Å². The van der Waals surface area contributed by atoms with E-state index in [4.69, 9.17) is 18.9 Å². The zero-order chi connectivity index (χ0) is 38.3. The molecule has 1 fully saturated rings. The van der Waals surface area contributed by atoms with Crippen LogP contribution in [0.4, 0.5) is 0 Å².